The second-order valence-electron chi connectivity index (χ2n) is 4.19. The monoisotopic (exact) mass is 286 g/mol. The highest BCUT2D eigenvalue weighted by molar-refractivity contribution is 6.32. The fraction of sp³-hybridized carbons (Fsp3) is 0.500. The highest BCUT2D eigenvalue weighted by atomic mass is 35.5. The molecule has 0 saturated carbocycles. The SMILES string of the molecule is CCC.COC(=O)c1cc(Cl)c2c(c1C)OC(C)O2. The molecule has 0 fully saturated rings. The Kier molecular flexibility index (Phi) is 5.48. The van der Waals surface area contributed by atoms with Crippen LogP contribution in [0.4, 0.5) is 0 Å². The van der Waals surface area contributed by atoms with Crippen LogP contribution in [0.25, 0.3) is 0 Å². The van der Waals surface area contributed by atoms with E-state index in [4.69, 9.17) is 21.1 Å². The fourth-order valence-corrected chi connectivity index (χ4v) is 1.87. The van der Waals surface area contributed by atoms with Crippen LogP contribution in [0, 0.1) is 6.92 Å². The molecule has 1 aromatic carbocycles. The summed E-state index contributed by atoms with van der Waals surface area (Å²) in [5, 5.41) is 0.352. The first-order valence-corrected chi connectivity index (χ1v) is 6.58. The van der Waals surface area contributed by atoms with Gasteiger partial charge in [-0.05, 0) is 13.0 Å². The molecule has 5 heteroatoms. The van der Waals surface area contributed by atoms with Crippen LogP contribution in [0.3, 0.4) is 0 Å². The third kappa shape index (κ3) is 3.32. The van der Waals surface area contributed by atoms with Gasteiger partial charge < -0.3 is 14.2 Å². The zero-order valence-electron chi connectivity index (χ0n) is 11.9. The zero-order valence-corrected chi connectivity index (χ0v) is 12.6. The minimum Gasteiger partial charge on any atom is -0.465 e. The van der Waals surface area contributed by atoms with Crippen molar-refractivity contribution in [2.75, 3.05) is 7.11 Å². The average Bonchev–Trinajstić information content (AvgIpc) is 2.76. The highest BCUT2D eigenvalue weighted by Crippen LogP contribution is 2.44. The molecule has 1 atom stereocenters. The van der Waals surface area contributed by atoms with E-state index in [-0.39, 0.29) is 6.29 Å². The van der Waals surface area contributed by atoms with Crippen LogP contribution in [-0.2, 0) is 4.74 Å². The van der Waals surface area contributed by atoms with Crippen molar-refractivity contribution in [3.8, 4) is 11.5 Å². The van der Waals surface area contributed by atoms with Crippen LogP contribution in [-0.4, -0.2) is 19.4 Å². The Labute approximate surface area is 118 Å². The maximum Gasteiger partial charge on any atom is 0.338 e. The first-order chi connectivity index (χ1) is 8.96. The Morgan fingerprint density at radius 3 is 2.42 bits per heavy atom. The lowest BCUT2D eigenvalue weighted by Crippen LogP contribution is -2.11. The molecule has 0 radical (unpaired) electrons. The van der Waals surface area contributed by atoms with Crippen molar-refractivity contribution in [1.82, 2.24) is 0 Å². The van der Waals surface area contributed by atoms with Crippen LogP contribution in [0.2, 0.25) is 5.02 Å². The van der Waals surface area contributed by atoms with E-state index in [1.165, 1.54) is 19.6 Å². The topological polar surface area (TPSA) is 44.8 Å². The molecule has 1 unspecified atom stereocenters. The second kappa shape index (κ2) is 6.66. The van der Waals surface area contributed by atoms with E-state index in [0.717, 1.165) is 0 Å². The van der Waals surface area contributed by atoms with Gasteiger partial charge in [-0.25, -0.2) is 4.79 Å². The molecule has 0 bridgehead atoms. The predicted molar refractivity (Wildman–Crippen MR) is 74.2 cm³/mol. The number of carbonyl (C=O) groups excluding carboxylic acids is 1. The van der Waals surface area contributed by atoms with E-state index in [1.807, 2.05) is 0 Å². The predicted octanol–water partition coefficient (Wildman–Crippen LogP) is 3.97. The normalized spacial score (nSPS) is 15.6. The Morgan fingerprint density at radius 1 is 1.37 bits per heavy atom. The molecule has 0 N–H and O–H groups in total. The van der Waals surface area contributed by atoms with Crippen molar-refractivity contribution < 1.29 is 19.0 Å². The number of rotatable bonds is 1. The number of esters is 1. The summed E-state index contributed by atoms with van der Waals surface area (Å²) in [5.41, 5.74) is 1.07. The van der Waals surface area contributed by atoms with Gasteiger partial charge in [0.1, 0.15) is 0 Å². The van der Waals surface area contributed by atoms with Crippen LogP contribution in [0.5, 0.6) is 11.5 Å². The van der Waals surface area contributed by atoms with Crippen LogP contribution < -0.4 is 9.47 Å². The van der Waals surface area contributed by atoms with Gasteiger partial charge in [-0.1, -0.05) is 31.9 Å². The van der Waals surface area contributed by atoms with Crippen LogP contribution >= 0.6 is 11.6 Å². The lowest BCUT2D eigenvalue weighted by atomic mass is 10.1. The van der Waals surface area contributed by atoms with Gasteiger partial charge in [0.25, 0.3) is 0 Å². The van der Waals surface area contributed by atoms with Gasteiger partial charge in [0.05, 0.1) is 17.7 Å². The van der Waals surface area contributed by atoms with Crippen molar-refractivity contribution in [3.63, 3.8) is 0 Å². The zero-order chi connectivity index (χ0) is 14.6. The highest BCUT2D eigenvalue weighted by Gasteiger charge is 2.28. The summed E-state index contributed by atoms with van der Waals surface area (Å²) in [7, 11) is 1.32. The fourth-order valence-electron chi connectivity index (χ4n) is 1.63. The largest absolute Gasteiger partial charge is 0.465 e. The van der Waals surface area contributed by atoms with Gasteiger partial charge in [-0.2, -0.15) is 0 Å². The molecule has 2 rings (SSSR count). The molecule has 0 saturated heterocycles. The summed E-state index contributed by atoms with van der Waals surface area (Å²) in [5.74, 6) is 0.560. The molecule has 0 aromatic heterocycles. The summed E-state index contributed by atoms with van der Waals surface area (Å²) in [6.45, 7) is 7.77. The Balaban J connectivity index is 0.000000550. The lowest BCUT2D eigenvalue weighted by Gasteiger charge is -2.08. The quantitative estimate of drug-likeness (QED) is 0.733. The molecule has 1 aliphatic heterocycles. The molecule has 1 heterocycles. The van der Waals surface area contributed by atoms with Crippen LogP contribution in [0.1, 0.15) is 43.1 Å². The molecule has 1 aliphatic rings. The Bertz CT molecular complexity index is 471. The van der Waals surface area contributed by atoms with Crippen molar-refractivity contribution in [2.45, 2.75) is 40.4 Å². The van der Waals surface area contributed by atoms with Crippen molar-refractivity contribution in [3.05, 3.63) is 22.2 Å². The smallest absolute Gasteiger partial charge is 0.338 e. The first kappa shape index (κ1) is 15.6. The molecule has 106 valence electrons. The maximum absolute atomic E-state index is 11.5. The van der Waals surface area contributed by atoms with E-state index in [9.17, 15) is 4.79 Å². The molecule has 4 nitrogen and oxygen atoms in total. The molecule has 0 amide bonds. The standard InChI is InChI=1S/C11H11ClO4.C3H8/c1-5-7(11(13)14-3)4-8(12)10-9(5)15-6(2)16-10;1-3-2/h4,6H,1-3H3;3H2,1-2H3. The van der Waals surface area contributed by atoms with Gasteiger partial charge >= 0.3 is 5.97 Å². The van der Waals surface area contributed by atoms with Crippen molar-refractivity contribution in [1.29, 1.82) is 0 Å². The number of benzene rings is 1. The van der Waals surface area contributed by atoms with Gasteiger partial charge in [-0.3, -0.25) is 0 Å². The number of carbonyl (C=O) groups is 1. The van der Waals surface area contributed by atoms with Crippen molar-refractivity contribution in [2.24, 2.45) is 0 Å². The number of methoxy groups -OCH3 is 1. The summed E-state index contributed by atoms with van der Waals surface area (Å²) in [4.78, 5) is 11.5. The number of fused-ring (bicyclic) bond motifs is 1. The minimum absolute atomic E-state index is 0.352. The first-order valence-electron chi connectivity index (χ1n) is 6.20. The van der Waals surface area contributed by atoms with Gasteiger partial charge in [-0.15, -0.1) is 0 Å². The van der Waals surface area contributed by atoms with Gasteiger partial charge in [0.15, 0.2) is 11.5 Å². The summed E-state index contributed by atoms with van der Waals surface area (Å²) < 4.78 is 15.5. The summed E-state index contributed by atoms with van der Waals surface area (Å²) in [6.07, 6.45) is 0.860. The Hall–Kier alpha value is -1.42. The van der Waals surface area contributed by atoms with E-state index in [0.29, 0.717) is 27.6 Å². The average molecular weight is 287 g/mol. The molecular formula is C14H19ClO4. The van der Waals surface area contributed by atoms with Crippen molar-refractivity contribution >= 4 is 17.6 Å². The maximum atomic E-state index is 11.5. The molecular weight excluding hydrogens is 268 g/mol. The van der Waals surface area contributed by atoms with E-state index in [2.05, 4.69) is 18.6 Å². The van der Waals surface area contributed by atoms with Gasteiger partial charge in [0.2, 0.25) is 6.29 Å². The molecule has 0 spiro atoms. The Morgan fingerprint density at radius 2 is 1.89 bits per heavy atom. The number of ether oxygens (including phenoxy) is 3. The molecule has 19 heavy (non-hydrogen) atoms. The second-order valence-corrected chi connectivity index (χ2v) is 4.60. The summed E-state index contributed by atoms with van der Waals surface area (Å²) in [6, 6.07) is 1.53. The lowest BCUT2D eigenvalue weighted by molar-refractivity contribution is 0.0594. The summed E-state index contributed by atoms with van der Waals surface area (Å²) >= 11 is 6.00. The van der Waals surface area contributed by atoms with E-state index < -0.39 is 5.97 Å². The third-order valence-electron chi connectivity index (χ3n) is 2.41. The molecule has 0 aliphatic carbocycles. The van der Waals surface area contributed by atoms with Crippen LogP contribution in [0.15, 0.2) is 6.07 Å². The molecule has 1 aromatic rings. The van der Waals surface area contributed by atoms with Gasteiger partial charge in [0, 0.05) is 12.5 Å². The van der Waals surface area contributed by atoms with E-state index >= 15 is 0 Å². The number of hydrogen-bond donors (Lipinski definition) is 0. The number of hydrogen-bond acceptors (Lipinski definition) is 4. The van der Waals surface area contributed by atoms with E-state index in [1.54, 1.807) is 13.8 Å². The third-order valence-corrected chi connectivity index (χ3v) is 2.69. The number of halogens is 1. The minimum atomic E-state index is -0.439.